The van der Waals surface area contributed by atoms with Crippen LogP contribution < -0.4 is 5.32 Å². The quantitative estimate of drug-likeness (QED) is 0.341. The maximum absolute atomic E-state index is 12.6. The van der Waals surface area contributed by atoms with Gasteiger partial charge < -0.3 is 10.4 Å². The maximum Gasteiger partial charge on any atom is 0.248 e. The summed E-state index contributed by atoms with van der Waals surface area (Å²) in [5, 5.41) is 14.2. The van der Waals surface area contributed by atoms with Crippen LogP contribution in [-0.2, 0) is 15.6 Å². The number of nitrogens with one attached hydrogen (secondary N) is 1. The van der Waals surface area contributed by atoms with E-state index in [1.807, 2.05) is 42.5 Å². The Morgan fingerprint density at radius 3 is 1.90 bits per heavy atom. The molecule has 2 aromatic rings. The molecule has 0 radical (unpaired) electrons. The Bertz CT molecular complexity index is 840. The number of phenols is 1. The van der Waals surface area contributed by atoms with Crippen LogP contribution in [0.4, 0.5) is 5.69 Å². The standard InChI is InChI=1S/C27H37NO2/c1-7-16-26(3,4)22-18-21(19-23(25(22)30)27(5,6)17-8-2)28-24(29)15-14-20-12-10-9-11-13-20/h9-15,18-19,30H,7-8,16-17H2,1-6H3,(H,28,29)/b15-14+. The second-order valence-electron chi connectivity index (χ2n) is 9.42. The van der Waals surface area contributed by atoms with Crippen molar-refractivity contribution in [1.82, 2.24) is 0 Å². The summed E-state index contributed by atoms with van der Waals surface area (Å²) in [7, 11) is 0. The van der Waals surface area contributed by atoms with Crippen LogP contribution in [-0.4, -0.2) is 11.0 Å². The van der Waals surface area contributed by atoms with Crippen LogP contribution in [0.5, 0.6) is 5.75 Å². The van der Waals surface area contributed by atoms with Crippen molar-refractivity contribution in [3.05, 3.63) is 65.2 Å². The lowest BCUT2D eigenvalue weighted by atomic mass is 9.74. The molecule has 0 bridgehead atoms. The Morgan fingerprint density at radius 2 is 1.43 bits per heavy atom. The first-order valence-corrected chi connectivity index (χ1v) is 11.0. The molecule has 0 unspecified atom stereocenters. The van der Waals surface area contributed by atoms with E-state index >= 15 is 0 Å². The zero-order valence-corrected chi connectivity index (χ0v) is 19.4. The van der Waals surface area contributed by atoms with Crippen LogP contribution in [0.2, 0.25) is 0 Å². The molecule has 0 saturated carbocycles. The van der Waals surface area contributed by atoms with Crippen LogP contribution in [0.1, 0.15) is 83.9 Å². The number of benzene rings is 2. The van der Waals surface area contributed by atoms with Gasteiger partial charge in [-0.3, -0.25) is 4.79 Å². The number of anilines is 1. The minimum atomic E-state index is -0.184. The molecule has 162 valence electrons. The SMILES string of the molecule is CCCC(C)(C)c1cc(NC(=O)/C=C/c2ccccc2)cc(C(C)(C)CCC)c1O. The zero-order chi connectivity index (χ0) is 22.4. The number of hydrogen-bond acceptors (Lipinski definition) is 2. The van der Waals surface area contributed by atoms with E-state index in [1.165, 1.54) is 0 Å². The lowest BCUT2D eigenvalue weighted by Gasteiger charge is -2.32. The van der Waals surface area contributed by atoms with Crippen molar-refractivity contribution in [1.29, 1.82) is 0 Å². The Morgan fingerprint density at radius 1 is 0.933 bits per heavy atom. The summed E-state index contributed by atoms with van der Waals surface area (Å²) in [5.41, 5.74) is 3.14. The minimum absolute atomic E-state index is 0.178. The Hall–Kier alpha value is -2.55. The van der Waals surface area contributed by atoms with Gasteiger partial charge in [-0.25, -0.2) is 0 Å². The average Bonchev–Trinajstić information content (AvgIpc) is 2.68. The van der Waals surface area contributed by atoms with Gasteiger partial charge in [-0.1, -0.05) is 84.7 Å². The third-order valence-electron chi connectivity index (χ3n) is 5.81. The molecule has 2 N–H and O–H groups in total. The molecule has 0 spiro atoms. The molecule has 0 aromatic heterocycles. The van der Waals surface area contributed by atoms with Gasteiger partial charge in [-0.05, 0) is 47.4 Å². The van der Waals surface area contributed by atoms with E-state index in [1.54, 1.807) is 12.2 Å². The molecule has 0 aliphatic carbocycles. The third-order valence-corrected chi connectivity index (χ3v) is 5.81. The van der Waals surface area contributed by atoms with Gasteiger partial charge in [0.2, 0.25) is 5.91 Å². The predicted octanol–water partition coefficient (Wildman–Crippen LogP) is 7.20. The Labute approximate surface area is 182 Å². The van der Waals surface area contributed by atoms with Crippen molar-refractivity contribution in [2.45, 2.75) is 78.1 Å². The smallest absolute Gasteiger partial charge is 0.248 e. The molecule has 2 aromatic carbocycles. The van der Waals surface area contributed by atoms with Crippen LogP contribution >= 0.6 is 0 Å². The van der Waals surface area contributed by atoms with Gasteiger partial charge in [0.05, 0.1) is 0 Å². The lowest BCUT2D eigenvalue weighted by Crippen LogP contribution is -2.22. The van der Waals surface area contributed by atoms with E-state index in [0.717, 1.165) is 48.1 Å². The van der Waals surface area contributed by atoms with E-state index in [-0.39, 0.29) is 16.7 Å². The van der Waals surface area contributed by atoms with Gasteiger partial charge in [0.15, 0.2) is 0 Å². The van der Waals surface area contributed by atoms with Crippen molar-refractivity contribution < 1.29 is 9.90 Å². The van der Waals surface area contributed by atoms with E-state index in [9.17, 15) is 9.90 Å². The van der Waals surface area contributed by atoms with Gasteiger partial charge in [-0.2, -0.15) is 0 Å². The fourth-order valence-corrected chi connectivity index (χ4v) is 4.18. The molecule has 0 heterocycles. The molecule has 1 amide bonds. The average molecular weight is 408 g/mol. The number of hydrogen-bond donors (Lipinski definition) is 2. The molecule has 3 nitrogen and oxygen atoms in total. The highest BCUT2D eigenvalue weighted by Gasteiger charge is 2.30. The van der Waals surface area contributed by atoms with Gasteiger partial charge in [-0.15, -0.1) is 0 Å². The molecule has 0 atom stereocenters. The van der Waals surface area contributed by atoms with E-state index < -0.39 is 0 Å². The van der Waals surface area contributed by atoms with Gasteiger partial charge in [0.25, 0.3) is 0 Å². The number of aromatic hydroxyl groups is 1. The summed E-state index contributed by atoms with van der Waals surface area (Å²) in [4.78, 5) is 12.6. The predicted molar refractivity (Wildman–Crippen MR) is 128 cm³/mol. The van der Waals surface area contributed by atoms with Crippen molar-refractivity contribution in [2.75, 3.05) is 5.32 Å². The highest BCUT2D eigenvalue weighted by Crippen LogP contribution is 2.44. The zero-order valence-electron chi connectivity index (χ0n) is 19.4. The second-order valence-corrected chi connectivity index (χ2v) is 9.42. The lowest BCUT2D eigenvalue weighted by molar-refractivity contribution is -0.111. The highest BCUT2D eigenvalue weighted by atomic mass is 16.3. The monoisotopic (exact) mass is 407 g/mol. The summed E-state index contributed by atoms with van der Waals surface area (Å²) in [5.74, 6) is 0.188. The largest absolute Gasteiger partial charge is 0.507 e. The first-order valence-electron chi connectivity index (χ1n) is 11.0. The molecule has 2 rings (SSSR count). The fraction of sp³-hybridized carbons (Fsp3) is 0.444. The Kier molecular flexibility index (Phi) is 7.89. The van der Waals surface area contributed by atoms with Gasteiger partial charge in [0, 0.05) is 22.9 Å². The summed E-state index contributed by atoms with van der Waals surface area (Å²) < 4.78 is 0. The first-order chi connectivity index (χ1) is 14.1. The highest BCUT2D eigenvalue weighted by molar-refractivity contribution is 6.02. The van der Waals surface area contributed by atoms with Crippen molar-refractivity contribution in [3.63, 3.8) is 0 Å². The molecule has 0 saturated heterocycles. The molecular formula is C27H37NO2. The summed E-state index contributed by atoms with van der Waals surface area (Å²) >= 11 is 0. The number of carbonyl (C=O) groups is 1. The van der Waals surface area contributed by atoms with E-state index in [2.05, 4.69) is 46.9 Å². The minimum Gasteiger partial charge on any atom is -0.507 e. The van der Waals surface area contributed by atoms with Gasteiger partial charge >= 0.3 is 0 Å². The van der Waals surface area contributed by atoms with Crippen LogP contribution in [0.15, 0.2) is 48.5 Å². The summed E-state index contributed by atoms with van der Waals surface area (Å²) in [6.07, 6.45) is 7.32. The van der Waals surface area contributed by atoms with E-state index in [0.29, 0.717) is 5.75 Å². The Balaban J connectivity index is 2.43. The summed E-state index contributed by atoms with van der Waals surface area (Å²) in [6.45, 7) is 12.9. The first kappa shape index (κ1) is 23.7. The third kappa shape index (κ3) is 5.98. The normalized spacial score (nSPS) is 12.3. The van der Waals surface area contributed by atoms with Crippen molar-refractivity contribution in [3.8, 4) is 5.75 Å². The number of phenolic OH excluding ortho intramolecular Hbond substituents is 1. The van der Waals surface area contributed by atoms with Crippen LogP contribution in [0, 0.1) is 0 Å². The van der Waals surface area contributed by atoms with E-state index in [4.69, 9.17) is 0 Å². The molecule has 0 fully saturated rings. The fourth-order valence-electron chi connectivity index (χ4n) is 4.18. The van der Waals surface area contributed by atoms with Crippen molar-refractivity contribution >= 4 is 17.7 Å². The summed E-state index contributed by atoms with van der Waals surface area (Å²) in [6, 6.07) is 13.6. The molecule has 0 aliphatic heterocycles. The second kappa shape index (κ2) is 9.97. The van der Waals surface area contributed by atoms with Crippen LogP contribution in [0.25, 0.3) is 6.08 Å². The molecule has 0 aliphatic rings. The van der Waals surface area contributed by atoms with Gasteiger partial charge in [0.1, 0.15) is 5.75 Å². The van der Waals surface area contributed by atoms with Crippen molar-refractivity contribution in [2.24, 2.45) is 0 Å². The maximum atomic E-state index is 12.6. The number of rotatable bonds is 9. The number of carbonyl (C=O) groups excluding carboxylic acids is 1. The molecule has 30 heavy (non-hydrogen) atoms. The topological polar surface area (TPSA) is 49.3 Å². The number of amides is 1. The van der Waals surface area contributed by atoms with Crippen LogP contribution in [0.3, 0.4) is 0 Å². The molecule has 3 heteroatoms. The molecular weight excluding hydrogens is 370 g/mol.